The molecule has 11 heteroatoms. The molecule has 0 aliphatic rings. The molecule has 0 amide bonds. The van der Waals surface area contributed by atoms with Crippen molar-refractivity contribution in [2.75, 3.05) is 5.32 Å². The van der Waals surface area contributed by atoms with Crippen molar-refractivity contribution in [3.63, 3.8) is 0 Å². The van der Waals surface area contributed by atoms with E-state index < -0.39 is 40.8 Å². The number of anilines is 1. The largest absolute Gasteiger partial charge is 0.434 e. The Morgan fingerprint density at radius 2 is 1.33 bits per heavy atom. The van der Waals surface area contributed by atoms with Crippen LogP contribution in [0.2, 0.25) is 0 Å². The maximum absolute atomic E-state index is 14.6. The maximum atomic E-state index is 14.6. The molecular formula is C25H16F8N2S. The van der Waals surface area contributed by atoms with E-state index in [1.165, 1.54) is 12.1 Å². The van der Waals surface area contributed by atoms with Crippen LogP contribution >= 0.6 is 11.3 Å². The normalized spacial score (nSPS) is 13.9. The molecule has 2 nitrogen and oxygen atoms in total. The van der Waals surface area contributed by atoms with Gasteiger partial charge in [-0.15, -0.1) is 11.3 Å². The zero-order valence-electron chi connectivity index (χ0n) is 18.1. The molecule has 0 aliphatic heterocycles. The van der Waals surface area contributed by atoms with Gasteiger partial charge in [0.2, 0.25) is 0 Å². The topological polar surface area (TPSA) is 24.9 Å². The third kappa shape index (κ3) is 5.51. The summed E-state index contributed by atoms with van der Waals surface area (Å²) >= 11 is 0.588. The molecule has 0 bridgehead atoms. The van der Waals surface area contributed by atoms with Crippen LogP contribution in [0.1, 0.15) is 27.9 Å². The Hall–Kier alpha value is -3.47. The minimum atomic E-state index is -4.90. The highest BCUT2D eigenvalue weighted by atomic mass is 32.1. The Labute approximate surface area is 204 Å². The van der Waals surface area contributed by atoms with Gasteiger partial charge in [-0.3, -0.25) is 0 Å². The summed E-state index contributed by atoms with van der Waals surface area (Å²) in [5, 5.41) is 3.34. The zero-order chi connectivity index (χ0) is 26.1. The number of rotatable bonds is 6. The lowest BCUT2D eigenvalue weighted by atomic mass is 9.77. The average molecular weight is 528 g/mol. The molecule has 4 rings (SSSR count). The van der Waals surface area contributed by atoms with E-state index >= 15 is 0 Å². The SMILES string of the molecule is Fc1ccc([C@@](Cc2ccccc2)(Nc2nc(C(F)(F)F)cs2)c2cc(F)cc(C(F)(F)F)c2)cc1. The highest BCUT2D eigenvalue weighted by molar-refractivity contribution is 7.13. The molecule has 188 valence electrons. The lowest BCUT2D eigenvalue weighted by Crippen LogP contribution is -2.39. The van der Waals surface area contributed by atoms with Crippen molar-refractivity contribution in [2.24, 2.45) is 0 Å². The molecule has 36 heavy (non-hydrogen) atoms. The molecule has 1 aromatic heterocycles. The van der Waals surface area contributed by atoms with Crippen LogP contribution < -0.4 is 5.32 Å². The van der Waals surface area contributed by atoms with E-state index in [-0.39, 0.29) is 22.7 Å². The van der Waals surface area contributed by atoms with Crippen LogP contribution in [0, 0.1) is 11.6 Å². The molecule has 0 aliphatic carbocycles. The smallest absolute Gasteiger partial charge is 0.348 e. The zero-order valence-corrected chi connectivity index (χ0v) is 18.9. The summed E-state index contributed by atoms with van der Waals surface area (Å²) in [6.07, 6.45) is -9.78. The minimum absolute atomic E-state index is 0.124. The summed E-state index contributed by atoms with van der Waals surface area (Å²) in [6.45, 7) is 0. The molecule has 0 unspecified atom stereocenters. The maximum Gasteiger partial charge on any atom is 0.434 e. The van der Waals surface area contributed by atoms with Crippen molar-refractivity contribution in [1.82, 2.24) is 4.98 Å². The van der Waals surface area contributed by atoms with Crippen LogP contribution in [0.3, 0.4) is 0 Å². The lowest BCUT2D eigenvalue weighted by Gasteiger charge is -2.37. The first-order chi connectivity index (χ1) is 16.9. The molecule has 3 aromatic carbocycles. The van der Waals surface area contributed by atoms with Crippen molar-refractivity contribution >= 4 is 16.5 Å². The Balaban J connectivity index is 1.98. The van der Waals surface area contributed by atoms with Crippen LogP contribution in [0.25, 0.3) is 0 Å². The minimum Gasteiger partial charge on any atom is -0.348 e. The summed E-state index contributed by atoms with van der Waals surface area (Å²) in [5.74, 6) is -1.84. The highest BCUT2D eigenvalue weighted by Gasteiger charge is 2.40. The van der Waals surface area contributed by atoms with Crippen LogP contribution in [-0.4, -0.2) is 4.98 Å². The van der Waals surface area contributed by atoms with Crippen molar-refractivity contribution in [3.05, 3.63) is 118 Å². The highest BCUT2D eigenvalue weighted by Crippen LogP contribution is 2.42. The lowest BCUT2D eigenvalue weighted by molar-refractivity contribution is -0.140. The number of nitrogens with one attached hydrogen (secondary N) is 1. The predicted octanol–water partition coefficient (Wildman–Crippen LogP) is 8.06. The molecule has 0 fully saturated rings. The third-order valence-electron chi connectivity index (χ3n) is 5.48. The van der Waals surface area contributed by atoms with Crippen LogP contribution in [0.15, 0.2) is 78.2 Å². The third-order valence-corrected chi connectivity index (χ3v) is 6.24. The number of halogens is 8. The van der Waals surface area contributed by atoms with E-state index in [2.05, 4.69) is 10.3 Å². The first kappa shape index (κ1) is 25.6. The first-order valence-electron chi connectivity index (χ1n) is 10.4. The summed E-state index contributed by atoms with van der Waals surface area (Å²) in [4.78, 5) is 3.56. The first-order valence-corrected chi connectivity index (χ1v) is 11.2. The molecule has 4 aromatic rings. The van der Waals surface area contributed by atoms with E-state index in [0.717, 1.165) is 29.6 Å². The molecule has 1 N–H and O–H groups in total. The second kappa shape index (κ2) is 9.53. The van der Waals surface area contributed by atoms with Gasteiger partial charge >= 0.3 is 12.4 Å². The molecular weight excluding hydrogens is 512 g/mol. The molecule has 0 radical (unpaired) electrons. The van der Waals surface area contributed by atoms with Gasteiger partial charge < -0.3 is 5.32 Å². The summed E-state index contributed by atoms with van der Waals surface area (Å²) in [6, 6.07) is 15.0. The molecule has 0 saturated heterocycles. The molecule has 0 saturated carbocycles. The Morgan fingerprint density at radius 1 is 0.694 bits per heavy atom. The van der Waals surface area contributed by atoms with Gasteiger partial charge in [0, 0.05) is 11.8 Å². The number of nitrogens with zero attached hydrogens (tertiary/aromatic N) is 1. The van der Waals surface area contributed by atoms with E-state index in [1.807, 2.05) is 0 Å². The number of alkyl halides is 6. The number of hydrogen-bond donors (Lipinski definition) is 1. The van der Waals surface area contributed by atoms with Gasteiger partial charge in [0.1, 0.15) is 11.6 Å². The molecule has 1 atom stereocenters. The fourth-order valence-corrected chi connectivity index (χ4v) is 4.63. The van der Waals surface area contributed by atoms with Crippen molar-refractivity contribution in [1.29, 1.82) is 0 Å². The monoisotopic (exact) mass is 528 g/mol. The van der Waals surface area contributed by atoms with E-state index in [4.69, 9.17) is 0 Å². The Morgan fingerprint density at radius 3 is 1.92 bits per heavy atom. The molecule has 0 spiro atoms. The fourth-order valence-electron chi connectivity index (χ4n) is 3.84. The van der Waals surface area contributed by atoms with Crippen molar-refractivity contribution in [3.8, 4) is 0 Å². The number of thiazole rings is 1. The van der Waals surface area contributed by atoms with Gasteiger partial charge in [-0.25, -0.2) is 13.8 Å². The van der Waals surface area contributed by atoms with E-state index in [1.54, 1.807) is 30.3 Å². The summed E-state index contributed by atoms with van der Waals surface area (Å²) < 4.78 is 109. The average Bonchev–Trinajstić information content (AvgIpc) is 3.28. The Kier molecular flexibility index (Phi) is 6.78. The number of hydrogen-bond acceptors (Lipinski definition) is 3. The van der Waals surface area contributed by atoms with Gasteiger partial charge in [-0.05, 0) is 47.0 Å². The second-order valence-corrected chi connectivity index (χ2v) is 8.82. The van der Waals surface area contributed by atoms with Crippen LogP contribution in [0.5, 0.6) is 0 Å². The molecule has 1 heterocycles. The van der Waals surface area contributed by atoms with Gasteiger partial charge in [-0.2, -0.15) is 26.3 Å². The van der Waals surface area contributed by atoms with Crippen molar-refractivity contribution in [2.45, 2.75) is 24.3 Å². The number of benzene rings is 3. The van der Waals surface area contributed by atoms with Gasteiger partial charge in [0.05, 0.1) is 11.1 Å². The summed E-state index contributed by atoms with van der Waals surface area (Å²) in [5.41, 5.74) is -3.70. The standard InChI is InChI=1S/C25H16F8N2S/c26-19-8-6-16(7-9-19)23(13-15-4-2-1-3-5-15,35-22-34-21(14-36-22)25(31,32)33)17-10-18(24(28,29)30)12-20(27)11-17/h1-12,14H,13H2,(H,34,35)/t23-/m1/s1. The van der Waals surface area contributed by atoms with E-state index in [9.17, 15) is 35.1 Å². The van der Waals surface area contributed by atoms with Gasteiger partial charge in [0.25, 0.3) is 0 Å². The van der Waals surface area contributed by atoms with Crippen LogP contribution in [-0.2, 0) is 24.3 Å². The Bertz CT molecular complexity index is 1330. The van der Waals surface area contributed by atoms with Gasteiger partial charge in [-0.1, -0.05) is 42.5 Å². The quantitative estimate of drug-likeness (QED) is 0.256. The van der Waals surface area contributed by atoms with Gasteiger partial charge in [0.15, 0.2) is 10.8 Å². The second-order valence-electron chi connectivity index (χ2n) is 7.96. The summed E-state index contributed by atoms with van der Waals surface area (Å²) in [7, 11) is 0. The van der Waals surface area contributed by atoms with Crippen LogP contribution in [0.4, 0.5) is 40.3 Å². The predicted molar refractivity (Wildman–Crippen MR) is 119 cm³/mol. The van der Waals surface area contributed by atoms with E-state index in [0.29, 0.717) is 23.0 Å². The fraction of sp³-hybridized carbons (Fsp3) is 0.160. The van der Waals surface area contributed by atoms with Crippen molar-refractivity contribution < 1.29 is 35.1 Å². The number of aromatic nitrogens is 1.